The van der Waals surface area contributed by atoms with Crippen LogP contribution in [0.1, 0.15) is 11.1 Å². The van der Waals surface area contributed by atoms with E-state index in [-0.39, 0.29) is 17.9 Å². The summed E-state index contributed by atoms with van der Waals surface area (Å²) in [7, 11) is -3.71. The number of aliphatic carboxylic acids is 1. The zero-order chi connectivity index (χ0) is 16.9. The Morgan fingerprint density at radius 2 is 1.57 bits per heavy atom. The molecule has 0 saturated heterocycles. The van der Waals surface area contributed by atoms with Gasteiger partial charge in [-0.1, -0.05) is 42.5 Å². The highest BCUT2D eigenvalue weighted by Crippen LogP contribution is 2.18. The van der Waals surface area contributed by atoms with Crippen molar-refractivity contribution in [3.8, 4) is 0 Å². The first-order chi connectivity index (χ1) is 10.9. The van der Waals surface area contributed by atoms with E-state index in [9.17, 15) is 13.2 Å². The van der Waals surface area contributed by atoms with Crippen LogP contribution in [0.25, 0.3) is 0 Å². The molecule has 2 rings (SSSR count). The van der Waals surface area contributed by atoms with Crippen LogP contribution in [0.5, 0.6) is 0 Å². The highest BCUT2D eigenvalue weighted by Gasteiger charge is 2.22. The smallest absolute Gasteiger partial charge is 0.307 e. The van der Waals surface area contributed by atoms with Crippen LogP contribution in [0, 0.1) is 0 Å². The summed E-state index contributed by atoms with van der Waals surface area (Å²) in [6.45, 7) is 0.122. The third-order valence-electron chi connectivity index (χ3n) is 3.26. The molecule has 0 fully saturated rings. The lowest BCUT2D eigenvalue weighted by Gasteiger charge is -2.14. The van der Waals surface area contributed by atoms with Gasteiger partial charge >= 0.3 is 5.97 Å². The molecule has 0 heterocycles. The van der Waals surface area contributed by atoms with Crippen molar-refractivity contribution in [2.75, 3.05) is 6.54 Å². The predicted octanol–water partition coefficient (Wildman–Crippen LogP) is 2.70. The van der Waals surface area contributed by atoms with Crippen LogP contribution in [0.3, 0.4) is 0 Å². The molecule has 0 spiro atoms. The number of benzene rings is 2. The van der Waals surface area contributed by atoms with Crippen LogP contribution in [0.2, 0.25) is 0 Å². The Kier molecular flexibility index (Phi) is 5.76. The lowest BCUT2D eigenvalue weighted by molar-refractivity contribution is -0.136. The third kappa shape index (κ3) is 4.79. The summed E-state index contributed by atoms with van der Waals surface area (Å²) < 4.78 is 25.3. The maximum atomic E-state index is 12.3. The lowest BCUT2D eigenvalue weighted by Crippen LogP contribution is -2.24. The van der Waals surface area contributed by atoms with Gasteiger partial charge in [-0.3, -0.25) is 4.79 Å². The van der Waals surface area contributed by atoms with Crippen molar-refractivity contribution in [1.82, 2.24) is 3.82 Å². The van der Waals surface area contributed by atoms with Crippen molar-refractivity contribution in [2.45, 2.75) is 17.7 Å². The molecule has 0 bridgehead atoms. The average molecular weight is 354 g/mol. The number of rotatable bonds is 7. The van der Waals surface area contributed by atoms with Crippen LogP contribution in [-0.2, 0) is 27.7 Å². The van der Waals surface area contributed by atoms with Gasteiger partial charge in [0, 0.05) is 6.54 Å². The first kappa shape index (κ1) is 17.5. The molecule has 2 aromatic carbocycles. The summed E-state index contributed by atoms with van der Waals surface area (Å²) in [5.41, 5.74) is 1.58. The van der Waals surface area contributed by atoms with E-state index in [0.717, 1.165) is 9.39 Å². The van der Waals surface area contributed by atoms with Crippen molar-refractivity contribution in [2.24, 2.45) is 0 Å². The largest absolute Gasteiger partial charge is 0.481 e. The Morgan fingerprint density at radius 1 is 1.00 bits per heavy atom. The summed E-state index contributed by atoms with van der Waals surface area (Å²) in [5, 5.41) is 8.72. The molecule has 0 aromatic heterocycles. The molecule has 0 aliphatic rings. The quantitative estimate of drug-likeness (QED) is 0.776. The molecule has 0 unspecified atom stereocenters. The molecule has 0 amide bonds. The predicted molar refractivity (Wildman–Crippen MR) is 87.7 cm³/mol. The minimum Gasteiger partial charge on any atom is -0.481 e. The molecule has 0 aliphatic carbocycles. The fourth-order valence-corrected chi connectivity index (χ4v) is 3.43. The summed E-state index contributed by atoms with van der Waals surface area (Å²) >= 11 is 5.92. The van der Waals surface area contributed by atoms with Gasteiger partial charge in [-0.15, -0.1) is 3.82 Å². The van der Waals surface area contributed by atoms with Crippen molar-refractivity contribution in [3.05, 3.63) is 65.7 Å². The van der Waals surface area contributed by atoms with Crippen molar-refractivity contribution in [1.29, 1.82) is 0 Å². The number of carbonyl (C=O) groups is 1. The Morgan fingerprint density at radius 3 is 2.13 bits per heavy atom. The van der Waals surface area contributed by atoms with Crippen LogP contribution in [0.4, 0.5) is 0 Å². The van der Waals surface area contributed by atoms with Gasteiger partial charge in [0.1, 0.15) is 0 Å². The highest BCUT2D eigenvalue weighted by molar-refractivity contribution is 7.90. The molecule has 0 atom stereocenters. The zero-order valence-corrected chi connectivity index (χ0v) is 13.8. The zero-order valence-electron chi connectivity index (χ0n) is 12.2. The van der Waals surface area contributed by atoms with Gasteiger partial charge in [0.25, 0.3) is 10.0 Å². The summed E-state index contributed by atoms with van der Waals surface area (Å²) in [5.74, 6) is -0.890. The van der Waals surface area contributed by atoms with Crippen LogP contribution in [-0.4, -0.2) is 29.9 Å². The molecule has 2 aromatic rings. The van der Waals surface area contributed by atoms with Gasteiger partial charge < -0.3 is 5.11 Å². The molecule has 0 aliphatic heterocycles. The Hall–Kier alpha value is -1.89. The number of sulfonamides is 1. The van der Waals surface area contributed by atoms with E-state index >= 15 is 0 Å². The van der Waals surface area contributed by atoms with Gasteiger partial charge in [-0.25, -0.2) is 8.42 Å². The topological polar surface area (TPSA) is 74.7 Å². The summed E-state index contributed by atoms with van der Waals surface area (Å²) in [6, 6.07) is 15.0. The Bertz CT molecular complexity index is 760. The molecule has 0 radical (unpaired) electrons. The minimum atomic E-state index is -3.71. The van der Waals surface area contributed by atoms with Gasteiger partial charge in [0.2, 0.25) is 0 Å². The summed E-state index contributed by atoms with van der Waals surface area (Å²) in [6.07, 6.45) is 0.396. The molecule has 5 nitrogen and oxygen atoms in total. The molecule has 0 saturated carbocycles. The standard InChI is InChI=1S/C16H16ClNO4S/c17-18(23(21,22)15-4-2-1-3-5-15)11-10-13-6-8-14(9-7-13)12-16(19)20/h1-9H,10-12H2,(H,19,20). The molecule has 122 valence electrons. The lowest BCUT2D eigenvalue weighted by atomic mass is 10.1. The fourth-order valence-electron chi connectivity index (χ4n) is 2.04. The maximum Gasteiger partial charge on any atom is 0.307 e. The van der Waals surface area contributed by atoms with Crippen LogP contribution < -0.4 is 0 Å². The van der Waals surface area contributed by atoms with E-state index < -0.39 is 16.0 Å². The number of hydrogen-bond acceptors (Lipinski definition) is 3. The second kappa shape index (κ2) is 7.59. The van der Waals surface area contributed by atoms with Gasteiger partial charge in [0.05, 0.1) is 11.3 Å². The second-order valence-corrected chi connectivity index (χ2v) is 7.44. The van der Waals surface area contributed by atoms with E-state index in [0.29, 0.717) is 12.0 Å². The molecule has 23 heavy (non-hydrogen) atoms. The molecule has 7 heteroatoms. The van der Waals surface area contributed by atoms with Crippen molar-refractivity contribution in [3.63, 3.8) is 0 Å². The average Bonchev–Trinajstić information content (AvgIpc) is 2.54. The van der Waals surface area contributed by atoms with E-state index in [1.165, 1.54) is 12.1 Å². The molecule has 1 N–H and O–H groups in total. The minimum absolute atomic E-state index is 0.0374. The van der Waals surface area contributed by atoms with Gasteiger partial charge in [-0.05, 0) is 41.5 Å². The molecular formula is C16H16ClNO4S. The number of hydrogen-bond donors (Lipinski definition) is 1. The first-order valence-electron chi connectivity index (χ1n) is 6.93. The fraction of sp³-hybridized carbons (Fsp3) is 0.188. The summed E-state index contributed by atoms with van der Waals surface area (Å²) in [4.78, 5) is 10.8. The molecular weight excluding hydrogens is 338 g/mol. The number of nitrogens with zero attached hydrogens (tertiary/aromatic N) is 1. The highest BCUT2D eigenvalue weighted by atomic mass is 35.5. The van der Waals surface area contributed by atoms with E-state index in [4.69, 9.17) is 16.9 Å². The first-order valence-corrected chi connectivity index (χ1v) is 8.70. The van der Waals surface area contributed by atoms with E-state index in [2.05, 4.69) is 0 Å². The van der Waals surface area contributed by atoms with E-state index in [1.807, 2.05) is 0 Å². The number of carboxylic acid groups (broad SMARTS) is 1. The Balaban J connectivity index is 1.99. The monoisotopic (exact) mass is 353 g/mol. The number of halogens is 1. The Labute approximate surface area is 140 Å². The van der Waals surface area contributed by atoms with Crippen LogP contribution in [0.15, 0.2) is 59.5 Å². The van der Waals surface area contributed by atoms with Gasteiger partial charge in [0.15, 0.2) is 0 Å². The van der Waals surface area contributed by atoms with Gasteiger partial charge in [-0.2, -0.15) is 0 Å². The van der Waals surface area contributed by atoms with Crippen LogP contribution >= 0.6 is 11.8 Å². The van der Waals surface area contributed by atoms with E-state index in [1.54, 1.807) is 42.5 Å². The third-order valence-corrected chi connectivity index (χ3v) is 5.54. The second-order valence-electron chi connectivity index (χ2n) is 4.97. The normalized spacial score (nSPS) is 11.6. The SMILES string of the molecule is O=C(O)Cc1ccc(CCN(Cl)S(=O)(=O)c2ccccc2)cc1. The number of carboxylic acids is 1. The van der Waals surface area contributed by atoms with Crippen molar-refractivity contribution >= 4 is 27.8 Å². The van der Waals surface area contributed by atoms with Crippen molar-refractivity contribution < 1.29 is 18.3 Å². The maximum absolute atomic E-state index is 12.3.